The first kappa shape index (κ1) is 24.6. The zero-order valence-corrected chi connectivity index (χ0v) is 20.1. The summed E-state index contributed by atoms with van der Waals surface area (Å²) >= 11 is 0. The molecule has 0 spiro atoms. The van der Waals surface area contributed by atoms with Crippen molar-refractivity contribution in [3.05, 3.63) is 64.2 Å². The van der Waals surface area contributed by atoms with E-state index >= 15 is 0 Å². The van der Waals surface area contributed by atoms with Crippen LogP contribution in [0.2, 0.25) is 0 Å². The van der Waals surface area contributed by atoms with Crippen LogP contribution in [-0.4, -0.2) is 60.2 Å². The summed E-state index contributed by atoms with van der Waals surface area (Å²) in [5.74, 6) is -1.75. The number of carbonyl (C=O) groups is 5. The SMILES string of the molecule is CCCCN1C(=O)NC(=O)/C(=C\c2cc(CN3C(=O)c4ccccc4C3=O)c(OC)cc2OC)C1=O. The molecule has 1 saturated heterocycles. The normalized spacial score (nSPS) is 16.5. The fraction of sp³-hybridized carbons (Fsp3) is 0.269. The predicted molar refractivity (Wildman–Crippen MR) is 128 cm³/mol. The molecule has 10 heteroatoms. The molecule has 0 atom stereocenters. The molecule has 36 heavy (non-hydrogen) atoms. The molecule has 186 valence electrons. The lowest BCUT2D eigenvalue weighted by atomic mass is 10.0. The largest absolute Gasteiger partial charge is 0.496 e. The predicted octanol–water partition coefficient (Wildman–Crippen LogP) is 2.76. The number of benzene rings is 2. The third kappa shape index (κ3) is 4.33. The molecule has 0 unspecified atom stereocenters. The van der Waals surface area contributed by atoms with Gasteiger partial charge in [-0.2, -0.15) is 0 Å². The van der Waals surface area contributed by atoms with Gasteiger partial charge in [0.2, 0.25) is 0 Å². The third-order valence-corrected chi connectivity index (χ3v) is 6.06. The standard InChI is InChI=1S/C26H25N3O7/c1-4-5-10-28-25(33)19(22(30)27-26(28)34)12-15-11-16(21(36-3)13-20(15)35-2)14-29-23(31)17-8-6-7-9-18(17)24(29)32/h6-9,11-13H,4-5,10,14H2,1-3H3,(H,27,30,34)/b19-12+. The van der Waals surface area contributed by atoms with E-state index in [1.54, 1.807) is 36.4 Å². The van der Waals surface area contributed by atoms with E-state index in [0.717, 1.165) is 16.2 Å². The Morgan fingerprint density at radius 2 is 1.50 bits per heavy atom. The number of carbonyl (C=O) groups excluding carboxylic acids is 5. The van der Waals surface area contributed by atoms with Crippen molar-refractivity contribution in [3.8, 4) is 11.5 Å². The second-order valence-electron chi connectivity index (χ2n) is 8.28. The van der Waals surface area contributed by atoms with Crippen molar-refractivity contribution in [1.29, 1.82) is 0 Å². The molecule has 2 heterocycles. The minimum absolute atomic E-state index is 0.100. The van der Waals surface area contributed by atoms with Gasteiger partial charge in [0.1, 0.15) is 17.1 Å². The number of unbranched alkanes of at least 4 members (excludes halogenated alkanes) is 1. The molecule has 1 N–H and O–H groups in total. The van der Waals surface area contributed by atoms with Gasteiger partial charge >= 0.3 is 6.03 Å². The number of barbiturate groups is 1. The molecule has 0 aliphatic carbocycles. The average Bonchev–Trinajstić information content (AvgIpc) is 3.11. The lowest BCUT2D eigenvalue weighted by molar-refractivity contribution is -0.130. The van der Waals surface area contributed by atoms with Crippen molar-refractivity contribution in [3.63, 3.8) is 0 Å². The molecular formula is C26H25N3O7. The number of fused-ring (bicyclic) bond motifs is 1. The zero-order valence-electron chi connectivity index (χ0n) is 20.1. The van der Waals surface area contributed by atoms with Gasteiger partial charge in [0.15, 0.2) is 0 Å². The van der Waals surface area contributed by atoms with Gasteiger partial charge in [-0.3, -0.25) is 34.3 Å². The summed E-state index contributed by atoms with van der Waals surface area (Å²) in [6, 6.07) is 8.93. The summed E-state index contributed by atoms with van der Waals surface area (Å²) in [6.45, 7) is 2.00. The highest BCUT2D eigenvalue weighted by atomic mass is 16.5. The molecule has 0 bridgehead atoms. The number of hydrogen-bond donors (Lipinski definition) is 1. The number of urea groups is 1. The maximum atomic E-state index is 13.0. The first-order valence-corrected chi connectivity index (χ1v) is 11.4. The van der Waals surface area contributed by atoms with Gasteiger partial charge in [-0.25, -0.2) is 4.79 Å². The third-order valence-electron chi connectivity index (χ3n) is 6.06. The number of nitrogens with one attached hydrogen (secondary N) is 1. The number of amides is 6. The maximum Gasteiger partial charge on any atom is 0.331 e. The van der Waals surface area contributed by atoms with Crippen LogP contribution in [0.1, 0.15) is 51.6 Å². The van der Waals surface area contributed by atoms with Gasteiger partial charge in [-0.05, 0) is 30.7 Å². The lowest BCUT2D eigenvalue weighted by Crippen LogP contribution is -2.54. The van der Waals surface area contributed by atoms with Crippen LogP contribution in [0.5, 0.6) is 11.5 Å². The molecule has 2 aliphatic rings. The topological polar surface area (TPSA) is 122 Å². The molecule has 6 amide bonds. The minimum atomic E-state index is -0.822. The van der Waals surface area contributed by atoms with Gasteiger partial charge in [-0.15, -0.1) is 0 Å². The summed E-state index contributed by atoms with van der Waals surface area (Å²) in [5.41, 5.74) is 1.20. The van der Waals surface area contributed by atoms with Crippen LogP contribution in [-0.2, 0) is 16.1 Å². The Hall–Kier alpha value is -4.47. The molecule has 2 aromatic rings. The highest BCUT2D eigenvalue weighted by Gasteiger charge is 2.37. The molecular weight excluding hydrogens is 466 g/mol. The highest BCUT2D eigenvalue weighted by Crippen LogP contribution is 2.34. The summed E-state index contributed by atoms with van der Waals surface area (Å²) in [4.78, 5) is 65.5. The van der Waals surface area contributed by atoms with Crippen LogP contribution in [0.25, 0.3) is 6.08 Å². The number of rotatable bonds is 8. The van der Waals surface area contributed by atoms with Crippen molar-refractivity contribution in [2.45, 2.75) is 26.3 Å². The van der Waals surface area contributed by atoms with Gasteiger partial charge in [0.25, 0.3) is 23.6 Å². The fourth-order valence-corrected chi connectivity index (χ4v) is 4.15. The van der Waals surface area contributed by atoms with E-state index in [1.165, 1.54) is 20.3 Å². The van der Waals surface area contributed by atoms with Gasteiger partial charge in [-0.1, -0.05) is 25.5 Å². The van der Waals surface area contributed by atoms with Crippen LogP contribution in [0.15, 0.2) is 42.0 Å². The van der Waals surface area contributed by atoms with Crippen molar-refractivity contribution in [2.75, 3.05) is 20.8 Å². The van der Waals surface area contributed by atoms with Crippen LogP contribution >= 0.6 is 0 Å². The summed E-state index contributed by atoms with van der Waals surface area (Å²) < 4.78 is 10.9. The molecule has 0 saturated carbocycles. The first-order valence-electron chi connectivity index (χ1n) is 11.4. The van der Waals surface area contributed by atoms with Crippen molar-refractivity contribution in [2.24, 2.45) is 0 Å². The second kappa shape index (κ2) is 10.0. The highest BCUT2D eigenvalue weighted by molar-refractivity contribution is 6.31. The maximum absolute atomic E-state index is 13.0. The van der Waals surface area contributed by atoms with E-state index in [0.29, 0.717) is 40.2 Å². The van der Waals surface area contributed by atoms with Crippen molar-refractivity contribution in [1.82, 2.24) is 15.1 Å². The van der Waals surface area contributed by atoms with Gasteiger partial charge in [0, 0.05) is 23.7 Å². The van der Waals surface area contributed by atoms with Crippen molar-refractivity contribution >= 4 is 35.7 Å². The van der Waals surface area contributed by atoms with E-state index in [-0.39, 0.29) is 18.7 Å². The quantitative estimate of drug-likeness (QED) is 0.342. The summed E-state index contributed by atoms with van der Waals surface area (Å²) in [7, 11) is 2.86. The molecule has 0 radical (unpaired) electrons. The van der Waals surface area contributed by atoms with E-state index in [9.17, 15) is 24.0 Å². The van der Waals surface area contributed by atoms with E-state index in [4.69, 9.17) is 9.47 Å². The number of methoxy groups -OCH3 is 2. The van der Waals surface area contributed by atoms with Crippen molar-refractivity contribution < 1.29 is 33.4 Å². The monoisotopic (exact) mass is 491 g/mol. The van der Waals surface area contributed by atoms with Gasteiger partial charge < -0.3 is 9.47 Å². The Morgan fingerprint density at radius 3 is 2.08 bits per heavy atom. The summed E-state index contributed by atoms with van der Waals surface area (Å²) in [5, 5.41) is 2.19. The van der Waals surface area contributed by atoms with E-state index < -0.39 is 29.7 Å². The van der Waals surface area contributed by atoms with E-state index in [1.807, 2.05) is 6.92 Å². The zero-order chi connectivity index (χ0) is 26.0. The summed E-state index contributed by atoms with van der Waals surface area (Å²) in [6.07, 6.45) is 2.68. The lowest BCUT2D eigenvalue weighted by Gasteiger charge is -2.26. The fourth-order valence-electron chi connectivity index (χ4n) is 4.15. The number of nitrogens with zero attached hydrogens (tertiary/aromatic N) is 2. The van der Waals surface area contributed by atoms with Crippen LogP contribution in [0.4, 0.5) is 4.79 Å². The molecule has 1 fully saturated rings. The van der Waals surface area contributed by atoms with Gasteiger partial charge in [0.05, 0.1) is 31.9 Å². The van der Waals surface area contributed by atoms with Crippen LogP contribution in [0, 0.1) is 0 Å². The Kier molecular flexibility index (Phi) is 6.86. The molecule has 0 aromatic heterocycles. The van der Waals surface area contributed by atoms with Crippen LogP contribution < -0.4 is 14.8 Å². The number of ether oxygens (including phenoxy) is 2. The molecule has 2 aromatic carbocycles. The molecule has 4 rings (SSSR count). The average molecular weight is 492 g/mol. The Labute approximate surface area is 207 Å². The molecule has 10 nitrogen and oxygen atoms in total. The molecule has 2 aliphatic heterocycles. The Morgan fingerprint density at radius 1 is 0.861 bits per heavy atom. The Balaban J connectivity index is 1.72. The van der Waals surface area contributed by atoms with Crippen LogP contribution in [0.3, 0.4) is 0 Å². The number of imide groups is 3. The first-order chi connectivity index (χ1) is 17.3. The second-order valence-corrected chi connectivity index (χ2v) is 8.28. The number of hydrogen-bond acceptors (Lipinski definition) is 7. The minimum Gasteiger partial charge on any atom is -0.496 e. The Bertz CT molecular complexity index is 1280. The smallest absolute Gasteiger partial charge is 0.331 e. The van der Waals surface area contributed by atoms with E-state index in [2.05, 4.69) is 5.32 Å².